The van der Waals surface area contributed by atoms with Crippen molar-refractivity contribution in [1.29, 1.82) is 0 Å². The Hall–Kier alpha value is -1.29. The van der Waals surface area contributed by atoms with Crippen LogP contribution in [0.15, 0.2) is 16.7 Å². The quantitative estimate of drug-likeness (QED) is 0.819. The molecule has 2 heterocycles. The third-order valence-corrected chi connectivity index (χ3v) is 4.85. The van der Waals surface area contributed by atoms with Gasteiger partial charge in [0.2, 0.25) is 0 Å². The molecule has 0 bridgehead atoms. The highest BCUT2D eigenvalue weighted by Gasteiger charge is 2.50. The molecule has 1 aliphatic carbocycles. The summed E-state index contributed by atoms with van der Waals surface area (Å²) in [5, 5.41) is 0. The van der Waals surface area contributed by atoms with E-state index in [2.05, 4.69) is 19.0 Å². The first kappa shape index (κ1) is 12.7. The predicted molar refractivity (Wildman–Crippen MR) is 73.1 cm³/mol. The molecule has 1 aromatic rings. The first-order valence-corrected chi connectivity index (χ1v) is 7.01. The van der Waals surface area contributed by atoms with Crippen molar-refractivity contribution in [3.05, 3.63) is 23.7 Å². The number of hydrogen-bond donors (Lipinski definition) is 0. The van der Waals surface area contributed by atoms with E-state index in [1.807, 2.05) is 17.9 Å². The van der Waals surface area contributed by atoms with E-state index in [1.54, 1.807) is 6.26 Å². The normalized spacial score (nSPS) is 30.1. The van der Waals surface area contributed by atoms with Crippen LogP contribution in [-0.2, 0) is 0 Å². The molecule has 4 nitrogen and oxygen atoms in total. The summed E-state index contributed by atoms with van der Waals surface area (Å²) in [6, 6.07) is 2.55. The van der Waals surface area contributed by atoms with Gasteiger partial charge in [0.15, 0.2) is 5.76 Å². The fraction of sp³-hybridized carbons (Fsp3) is 0.667. The van der Waals surface area contributed by atoms with Gasteiger partial charge in [-0.2, -0.15) is 0 Å². The molecular formula is C15H22N2O2. The van der Waals surface area contributed by atoms with Gasteiger partial charge in [-0.25, -0.2) is 0 Å². The predicted octanol–water partition coefficient (Wildman–Crippen LogP) is 2.14. The molecule has 0 aromatic carbocycles. The van der Waals surface area contributed by atoms with E-state index in [-0.39, 0.29) is 5.91 Å². The topological polar surface area (TPSA) is 36.7 Å². The van der Waals surface area contributed by atoms with Gasteiger partial charge in [0.05, 0.1) is 6.26 Å². The summed E-state index contributed by atoms with van der Waals surface area (Å²) >= 11 is 0. The summed E-state index contributed by atoms with van der Waals surface area (Å²) in [6.07, 6.45) is 5.19. The Bertz CT molecular complexity index is 486. The first-order valence-electron chi connectivity index (χ1n) is 7.01. The summed E-state index contributed by atoms with van der Waals surface area (Å²) in [5.74, 6) is 0.577. The summed E-state index contributed by atoms with van der Waals surface area (Å²) in [5.41, 5.74) is 1.32. The van der Waals surface area contributed by atoms with Gasteiger partial charge in [0.1, 0.15) is 0 Å². The molecule has 1 amide bonds. The van der Waals surface area contributed by atoms with Crippen molar-refractivity contribution in [3.63, 3.8) is 0 Å². The number of amides is 1. The molecular weight excluding hydrogens is 240 g/mol. The Morgan fingerprint density at radius 3 is 2.79 bits per heavy atom. The van der Waals surface area contributed by atoms with E-state index < -0.39 is 0 Å². The van der Waals surface area contributed by atoms with E-state index in [4.69, 9.17) is 4.42 Å². The lowest BCUT2D eigenvalue weighted by Crippen LogP contribution is -2.49. The van der Waals surface area contributed by atoms with E-state index in [1.165, 1.54) is 12.8 Å². The van der Waals surface area contributed by atoms with Crippen LogP contribution in [0.2, 0.25) is 0 Å². The molecule has 1 saturated heterocycles. The maximum absolute atomic E-state index is 12.4. The fourth-order valence-electron chi connectivity index (χ4n) is 3.48. The highest BCUT2D eigenvalue weighted by Crippen LogP contribution is 2.49. The van der Waals surface area contributed by atoms with Gasteiger partial charge in [-0.3, -0.25) is 4.79 Å². The molecule has 104 valence electrons. The molecule has 1 spiro atoms. The summed E-state index contributed by atoms with van der Waals surface area (Å²) in [6.45, 7) is 3.70. The minimum atomic E-state index is 0.0627. The number of carbonyl (C=O) groups is 1. The van der Waals surface area contributed by atoms with Crippen LogP contribution in [0, 0.1) is 12.3 Å². The fourth-order valence-corrected chi connectivity index (χ4v) is 3.48. The van der Waals surface area contributed by atoms with Gasteiger partial charge in [0.25, 0.3) is 5.91 Å². The molecule has 1 saturated carbocycles. The van der Waals surface area contributed by atoms with Gasteiger partial charge in [0, 0.05) is 24.7 Å². The average Bonchev–Trinajstić information content (AvgIpc) is 2.91. The molecule has 0 radical (unpaired) electrons. The van der Waals surface area contributed by atoms with Crippen LogP contribution >= 0.6 is 0 Å². The van der Waals surface area contributed by atoms with Crippen LogP contribution in [0.4, 0.5) is 0 Å². The van der Waals surface area contributed by atoms with Crippen LogP contribution < -0.4 is 0 Å². The molecule has 0 N–H and O–H groups in total. The van der Waals surface area contributed by atoms with E-state index in [0.717, 1.165) is 25.1 Å². The van der Waals surface area contributed by atoms with Gasteiger partial charge in [-0.15, -0.1) is 0 Å². The zero-order valence-electron chi connectivity index (χ0n) is 12.0. The van der Waals surface area contributed by atoms with Crippen molar-refractivity contribution in [2.45, 2.75) is 32.2 Å². The Kier molecular flexibility index (Phi) is 2.93. The molecule has 4 heteroatoms. The van der Waals surface area contributed by atoms with Crippen molar-refractivity contribution in [1.82, 2.24) is 9.80 Å². The Morgan fingerprint density at radius 2 is 2.21 bits per heavy atom. The van der Waals surface area contributed by atoms with Crippen LogP contribution in [-0.4, -0.2) is 48.9 Å². The maximum atomic E-state index is 12.4. The number of likely N-dealkylation sites (tertiary alicyclic amines) is 1. The number of hydrogen-bond acceptors (Lipinski definition) is 3. The zero-order valence-corrected chi connectivity index (χ0v) is 12.0. The average molecular weight is 262 g/mol. The van der Waals surface area contributed by atoms with Crippen molar-refractivity contribution < 1.29 is 9.21 Å². The highest BCUT2D eigenvalue weighted by molar-refractivity contribution is 5.93. The lowest BCUT2D eigenvalue weighted by atomic mass is 9.64. The van der Waals surface area contributed by atoms with Crippen LogP contribution in [0.5, 0.6) is 0 Å². The molecule has 0 atom stereocenters. The van der Waals surface area contributed by atoms with Crippen LogP contribution in [0.25, 0.3) is 0 Å². The van der Waals surface area contributed by atoms with Gasteiger partial charge in [-0.05, 0) is 51.8 Å². The van der Waals surface area contributed by atoms with Crippen molar-refractivity contribution in [2.24, 2.45) is 5.41 Å². The third-order valence-electron chi connectivity index (χ3n) is 4.85. The standard InChI is InChI=1S/C15H22N2O2/c1-11-4-7-19-13(11)14(18)17-6-5-15(10-17)8-12(9-15)16(2)3/h4,7,12H,5-6,8-10H2,1-3H3. The molecule has 3 rings (SSSR count). The minimum Gasteiger partial charge on any atom is -0.459 e. The Balaban J connectivity index is 1.64. The Morgan fingerprint density at radius 1 is 1.47 bits per heavy atom. The summed E-state index contributed by atoms with van der Waals surface area (Å²) in [7, 11) is 4.28. The van der Waals surface area contributed by atoms with Crippen molar-refractivity contribution in [2.75, 3.05) is 27.2 Å². The molecule has 2 aliphatic rings. The van der Waals surface area contributed by atoms with Gasteiger partial charge in [-0.1, -0.05) is 0 Å². The van der Waals surface area contributed by atoms with E-state index in [0.29, 0.717) is 17.2 Å². The molecule has 0 unspecified atom stereocenters. The Labute approximate surface area is 114 Å². The number of carbonyl (C=O) groups excluding carboxylic acids is 1. The third kappa shape index (κ3) is 2.08. The van der Waals surface area contributed by atoms with E-state index >= 15 is 0 Å². The lowest BCUT2D eigenvalue weighted by Gasteiger charge is -2.48. The number of nitrogens with zero attached hydrogens (tertiary/aromatic N) is 2. The largest absolute Gasteiger partial charge is 0.459 e. The summed E-state index contributed by atoms with van der Waals surface area (Å²) in [4.78, 5) is 16.7. The van der Waals surface area contributed by atoms with Gasteiger partial charge < -0.3 is 14.2 Å². The van der Waals surface area contributed by atoms with Crippen molar-refractivity contribution in [3.8, 4) is 0 Å². The lowest BCUT2D eigenvalue weighted by molar-refractivity contribution is 0.0307. The summed E-state index contributed by atoms with van der Waals surface area (Å²) < 4.78 is 5.32. The maximum Gasteiger partial charge on any atom is 0.289 e. The van der Waals surface area contributed by atoms with E-state index in [9.17, 15) is 4.79 Å². The molecule has 1 aromatic heterocycles. The second-order valence-corrected chi connectivity index (χ2v) is 6.44. The van der Waals surface area contributed by atoms with Crippen molar-refractivity contribution >= 4 is 5.91 Å². The first-order chi connectivity index (χ1) is 9.01. The van der Waals surface area contributed by atoms with Crippen LogP contribution in [0.1, 0.15) is 35.4 Å². The smallest absolute Gasteiger partial charge is 0.289 e. The highest BCUT2D eigenvalue weighted by atomic mass is 16.3. The number of aryl methyl sites for hydroxylation is 1. The monoisotopic (exact) mass is 262 g/mol. The molecule has 2 fully saturated rings. The second kappa shape index (κ2) is 4.37. The van der Waals surface area contributed by atoms with Gasteiger partial charge >= 0.3 is 0 Å². The number of rotatable bonds is 2. The zero-order chi connectivity index (χ0) is 13.6. The number of furan rings is 1. The SMILES string of the molecule is Cc1ccoc1C(=O)N1CCC2(CC(N(C)C)C2)C1. The molecule has 1 aliphatic heterocycles. The second-order valence-electron chi connectivity index (χ2n) is 6.44. The van der Waals surface area contributed by atoms with Crippen LogP contribution in [0.3, 0.4) is 0 Å². The molecule has 19 heavy (non-hydrogen) atoms. The minimum absolute atomic E-state index is 0.0627.